The van der Waals surface area contributed by atoms with Crippen LogP contribution in [0.15, 0.2) is 35.4 Å². The van der Waals surface area contributed by atoms with Crippen LogP contribution in [-0.2, 0) is 6.54 Å². The van der Waals surface area contributed by atoms with Crippen LogP contribution in [0.1, 0.15) is 11.3 Å². The van der Waals surface area contributed by atoms with E-state index >= 15 is 0 Å². The van der Waals surface area contributed by atoms with Gasteiger partial charge in [0, 0.05) is 11.8 Å². The molecule has 98 valence electrons. The van der Waals surface area contributed by atoms with E-state index in [0.29, 0.717) is 11.3 Å². The highest BCUT2D eigenvalue weighted by Gasteiger charge is 2.13. The van der Waals surface area contributed by atoms with Crippen LogP contribution >= 0.6 is 0 Å². The highest BCUT2D eigenvalue weighted by atomic mass is 19.1. The molecule has 0 unspecified atom stereocenters. The second-order valence-electron chi connectivity index (χ2n) is 4.26. The van der Waals surface area contributed by atoms with Crippen molar-refractivity contribution in [1.29, 1.82) is 0 Å². The Morgan fingerprint density at radius 1 is 1.32 bits per heavy atom. The molecular weight excluding hydrogens is 250 g/mol. The third kappa shape index (κ3) is 3.27. The van der Waals surface area contributed by atoms with Gasteiger partial charge in [-0.3, -0.25) is 9.36 Å². The smallest absolute Gasteiger partial charge is 0.423 e. The van der Waals surface area contributed by atoms with Gasteiger partial charge in [0.05, 0.1) is 12.9 Å². The highest BCUT2D eigenvalue weighted by Crippen LogP contribution is 2.04. The van der Waals surface area contributed by atoms with Crippen LogP contribution in [0.25, 0.3) is 0 Å². The Balaban J connectivity index is 2.35. The lowest BCUT2D eigenvalue weighted by atomic mass is 9.79. The van der Waals surface area contributed by atoms with Crippen LogP contribution in [0.4, 0.5) is 4.39 Å². The van der Waals surface area contributed by atoms with Gasteiger partial charge in [-0.2, -0.15) is 0 Å². The number of nitrogens with zero attached hydrogens (tertiary/aromatic N) is 2. The predicted molar refractivity (Wildman–Crippen MR) is 68.6 cm³/mol. The Hall–Kier alpha value is -1.99. The number of hydrogen-bond donors (Lipinski definition) is 2. The molecule has 0 aliphatic heterocycles. The maximum atomic E-state index is 13.3. The maximum absolute atomic E-state index is 13.3. The van der Waals surface area contributed by atoms with Crippen LogP contribution in [0.3, 0.4) is 0 Å². The van der Waals surface area contributed by atoms with Crippen LogP contribution < -0.4 is 11.0 Å². The van der Waals surface area contributed by atoms with Crippen molar-refractivity contribution in [3.8, 4) is 0 Å². The second kappa shape index (κ2) is 5.33. The van der Waals surface area contributed by atoms with Gasteiger partial charge in [0.2, 0.25) is 0 Å². The molecule has 0 atom stereocenters. The largest absolute Gasteiger partial charge is 0.488 e. The van der Waals surface area contributed by atoms with Gasteiger partial charge in [-0.05, 0) is 30.1 Å². The van der Waals surface area contributed by atoms with E-state index in [2.05, 4.69) is 4.98 Å². The minimum absolute atomic E-state index is 0.0446. The zero-order chi connectivity index (χ0) is 14.0. The molecule has 2 rings (SSSR count). The molecule has 2 aromatic rings. The van der Waals surface area contributed by atoms with E-state index in [1.54, 1.807) is 6.92 Å². The summed E-state index contributed by atoms with van der Waals surface area (Å²) in [7, 11) is -1.75. The van der Waals surface area contributed by atoms with Gasteiger partial charge in [0.15, 0.2) is 0 Å². The maximum Gasteiger partial charge on any atom is 0.488 e. The van der Waals surface area contributed by atoms with Crippen molar-refractivity contribution < 1.29 is 14.4 Å². The molecule has 1 aromatic carbocycles. The van der Waals surface area contributed by atoms with Gasteiger partial charge in [-0.15, -0.1) is 0 Å². The summed E-state index contributed by atoms with van der Waals surface area (Å²) >= 11 is 0. The first-order valence-corrected chi connectivity index (χ1v) is 5.64. The summed E-state index contributed by atoms with van der Waals surface area (Å²) < 4.78 is 14.6. The number of halogens is 1. The Morgan fingerprint density at radius 3 is 2.68 bits per heavy atom. The first-order valence-electron chi connectivity index (χ1n) is 5.64. The number of hydrogen-bond acceptors (Lipinski definition) is 4. The zero-order valence-corrected chi connectivity index (χ0v) is 10.2. The molecular formula is C12H12BFN2O3. The summed E-state index contributed by atoms with van der Waals surface area (Å²) in [4.78, 5) is 15.7. The quantitative estimate of drug-likeness (QED) is 0.725. The van der Waals surface area contributed by atoms with E-state index in [1.165, 1.54) is 29.1 Å². The molecule has 0 saturated carbocycles. The van der Waals surface area contributed by atoms with Crippen molar-refractivity contribution in [3.63, 3.8) is 0 Å². The SMILES string of the molecule is Cc1cc(=O)n(Cc2cc(F)cc(B(O)O)c2)cn1. The number of rotatable bonds is 3. The Morgan fingerprint density at radius 2 is 2.05 bits per heavy atom. The molecule has 0 fully saturated rings. The lowest BCUT2D eigenvalue weighted by Crippen LogP contribution is -2.31. The molecule has 0 saturated heterocycles. The molecule has 0 amide bonds. The second-order valence-corrected chi connectivity index (χ2v) is 4.26. The van der Waals surface area contributed by atoms with Gasteiger partial charge in [-0.25, -0.2) is 9.37 Å². The summed E-state index contributed by atoms with van der Waals surface area (Å²) in [6.07, 6.45) is 1.37. The van der Waals surface area contributed by atoms with Crippen molar-refractivity contribution in [3.05, 3.63) is 58.0 Å². The van der Waals surface area contributed by atoms with Crippen molar-refractivity contribution in [2.45, 2.75) is 13.5 Å². The van der Waals surface area contributed by atoms with E-state index in [1.807, 2.05) is 0 Å². The van der Waals surface area contributed by atoms with Crippen LogP contribution in [-0.4, -0.2) is 26.7 Å². The Kier molecular flexibility index (Phi) is 3.78. The van der Waals surface area contributed by atoms with Crippen LogP contribution in [0.5, 0.6) is 0 Å². The predicted octanol–water partition coefficient (Wildman–Crippen LogP) is -0.581. The topological polar surface area (TPSA) is 75.4 Å². The first kappa shape index (κ1) is 13.4. The normalized spacial score (nSPS) is 10.5. The molecule has 19 heavy (non-hydrogen) atoms. The van der Waals surface area contributed by atoms with E-state index in [-0.39, 0.29) is 17.6 Å². The number of aromatic nitrogens is 2. The van der Waals surface area contributed by atoms with E-state index in [9.17, 15) is 9.18 Å². The fourth-order valence-electron chi connectivity index (χ4n) is 1.75. The van der Waals surface area contributed by atoms with Crippen LogP contribution in [0.2, 0.25) is 0 Å². The molecule has 0 aliphatic carbocycles. The average molecular weight is 262 g/mol. The van der Waals surface area contributed by atoms with Crippen molar-refractivity contribution in [2.75, 3.05) is 0 Å². The van der Waals surface area contributed by atoms with Gasteiger partial charge >= 0.3 is 7.12 Å². The van der Waals surface area contributed by atoms with Crippen molar-refractivity contribution in [2.24, 2.45) is 0 Å². The third-order valence-corrected chi connectivity index (χ3v) is 2.65. The molecule has 2 N–H and O–H groups in total. The van der Waals surface area contributed by atoms with Crippen molar-refractivity contribution >= 4 is 12.6 Å². The fourth-order valence-corrected chi connectivity index (χ4v) is 1.75. The molecule has 5 nitrogen and oxygen atoms in total. The molecule has 1 heterocycles. The summed E-state index contributed by atoms with van der Waals surface area (Å²) in [5.41, 5.74) is 0.855. The summed E-state index contributed by atoms with van der Waals surface area (Å²) in [5, 5.41) is 18.1. The van der Waals surface area contributed by atoms with E-state index in [0.717, 1.165) is 6.07 Å². The number of aryl methyl sites for hydroxylation is 1. The Labute approximate surface area is 109 Å². The summed E-state index contributed by atoms with van der Waals surface area (Å²) in [6.45, 7) is 1.82. The minimum Gasteiger partial charge on any atom is -0.423 e. The Bertz CT molecular complexity index is 658. The van der Waals surface area contributed by atoms with Gasteiger partial charge in [-0.1, -0.05) is 6.07 Å². The van der Waals surface area contributed by atoms with Crippen LogP contribution in [0, 0.1) is 12.7 Å². The highest BCUT2D eigenvalue weighted by molar-refractivity contribution is 6.58. The monoisotopic (exact) mass is 262 g/mol. The molecule has 0 spiro atoms. The lowest BCUT2D eigenvalue weighted by molar-refractivity contribution is 0.425. The number of benzene rings is 1. The summed E-state index contributed by atoms with van der Waals surface area (Å²) in [5.74, 6) is -0.589. The molecule has 0 radical (unpaired) electrons. The van der Waals surface area contributed by atoms with Gasteiger partial charge in [0.1, 0.15) is 5.82 Å². The van der Waals surface area contributed by atoms with Gasteiger partial charge in [0.25, 0.3) is 5.56 Å². The van der Waals surface area contributed by atoms with E-state index in [4.69, 9.17) is 10.0 Å². The average Bonchev–Trinajstić information content (AvgIpc) is 2.32. The molecule has 0 bridgehead atoms. The lowest BCUT2D eigenvalue weighted by Gasteiger charge is -2.08. The zero-order valence-electron chi connectivity index (χ0n) is 10.2. The molecule has 0 aliphatic rings. The van der Waals surface area contributed by atoms with Gasteiger partial charge < -0.3 is 10.0 Å². The molecule has 1 aromatic heterocycles. The van der Waals surface area contributed by atoms with E-state index < -0.39 is 12.9 Å². The van der Waals surface area contributed by atoms with Crippen molar-refractivity contribution in [1.82, 2.24) is 9.55 Å². The minimum atomic E-state index is -1.75. The summed E-state index contributed by atoms with van der Waals surface area (Å²) in [6, 6.07) is 5.07. The standard InChI is InChI=1S/C12H12BFN2O3/c1-8-2-12(17)16(7-15-8)6-9-3-10(13(18)19)5-11(14)4-9/h2-5,7,18-19H,6H2,1H3. The molecule has 7 heteroatoms. The fraction of sp³-hybridized carbons (Fsp3) is 0.167. The third-order valence-electron chi connectivity index (χ3n) is 2.65. The first-order chi connectivity index (χ1) is 8.95.